The molecule has 9 heteroatoms. The van der Waals surface area contributed by atoms with Gasteiger partial charge in [-0.3, -0.25) is 0 Å². The number of hydrogen-bond donors (Lipinski definition) is 5. The normalized spacial score (nSPS) is 31.8. The molecule has 0 aromatic heterocycles. The van der Waals surface area contributed by atoms with E-state index in [9.17, 15) is 15.0 Å². The molecule has 2 unspecified atom stereocenters. The van der Waals surface area contributed by atoms with Crippen LogP contribution < -0.4 is 11.1 Å². The van der Waals surface area contributed by atoms with Crippen molar-refractivity contribution in [2.75, 3.05) is 26.0 Å². The van der Waals surface area contributed by atoms with Crippen molar-refractivity contribution in [3.8, 4) is 0 Å². The van der Waals surface area contributed by atoms with Crippen LogP contribution in [-0.2, 0) is 9.47 Å². The summed E-state index contributed by atoms with van der Waals surface area (Å²) in [4.78, 5) is 10.8. The Morgan fingerprint density at radius 2 is 2.05 bits per heavy atom. The van der Waals surface area contributed by atoms with Gasteiger partial charge in [0.15, 0.2) is 0 Å². The van der Waals surface area contributed by atoms with E-state index in [1.54, 1.807) is 0 Å². The van der Waals surface area contributed by atoms with Crippen LogP contribution in [0.4, 0.5) is 4.79 Å². The van der Waals surface area contributed by atoms with Crippen LogP contribution in [0.1, 0.15) is 19.3 Å². The van der Waals surface area contributed by atoms with E-state index in [-0.39, 0.29) is 6.61 Å². The van der Waals surface area contributed by atoms with Crippen molar-refractivity contribution in [2.24, 2.45) is 5.73 Å². The van der Waals surface area contributed by atoms with Gasteiger partial charge < -0.3 is 35.8 Å². The number of unbranched alkanes of at least 4 members (excludes halogenated alkanes) is 2. The number of nitrogens with one attached hydrogen (secondary N) is 1. The lowest BCUT2D eigenvalue weighted by molar-refractivity contribution is -0.165. The second-order valence-electron chi connectivity index (χ2n) is 5.13. The molecule has 0 aliphatic carbocycles. The standard InChI is InChI=1S/C13H26N2O6S/c1-20-13(19)15-5-3-2-4-6-22-12-9(14)11(18)10(17)8(7-16)21-12/h8-12,16-18H,2-7,14H2,1H3,(H,15,19)/t8?,9?,10-,11+,12-/m0/s1. The maximum atomic E-state index is 10.8. The van der Waals surface area contributed by atoms with Crippen molar-refractivity contribution in [3.63, 3.8) is 0 Å². The largest absolute Gasteiger partial charge is 0.453 e. The van der Waals surface area contributed by atoms with Gasteiger partial charge in [-0.05, 0) is 18.6 Å². The first-order chi connectivity index (χ1) is 10.5. The average molecular weight is 338 g/mol. The predicted molar refractivity (Wildman–Crippen MR) is 82.5 cm³/mol. The van der Waals surface area contributed by atoms with Gasteiger partial charge in [0.05, 0.1) is 19.8 Å². The molecule has 1 amide bonds. The minimum Gasteiger partial charge on any atom is -0.453 e. The van der Waals surface area contributed by atoms with E-state index in [0.717, 1.165) is 25.0 Å². The van der Waals surface area contributed by atoms with Crippen molar-refractivity contribution in [1.29, 1.82) is 0 Å². The minimum absolute atomic E-state index is 0.360. The van der Waals surface area contributed by atoms with Crippen molar-refractivity contribution in [3.05, 3.63) is 0 Å². The SMILES string of the molecule is COC(=O)NCCCCCS[C@@H]1OC(CO)[C@H](O)[C@H](O)C1N. The topological polar surface area (TPSA) is 134 Å². The van der Waals surface area contributed by atoms with Crippen LogP contribution >= 0.6 is 11.8 Å². The fourth-order valence-corrected chi connectivity index (χ4v) is 3.33. The lowest BCUT2D eigenvalue weighted by Gasteiger charge is -2.40. The van der Waals surface area contributed by atoms with Gasteiger partial charge in [0, 0.05) is 6.54 Å². The average Bonchev–Trinajstić information content (AvgIpc) is 2.53. The van der Waals surface area contributed by atoms with Crippen LogP contribution in [0, 0.1) is 0 Å². The van der Waals surface area contributed by atoms with Crippen molar-refractivity contribution >= 4 is 17.9 Å². The lowest BCUT2D eigenvalue weighted by atomic mass is 9.99. The second kappa shape index (κ2) is 10.2. The van der Waals surface area contributed by atoms with Crippen LogP contribution in [-0.4, -0.2) is 77.2 Å². The van der Waals surface area contributed by atoms with E-state index >= 15 is 0 Å². The molecule has 1 aliphatic heterocycles. The molecule has 0 spiro atoms. The van der Waals surface area contributed by atoms with Gasteiger partial charge in [0.1, 0.15) is 23.7 Å². The molecule has 0 bridgehead atoms. The van der Waals surface area contributed by atoms with Crippen molar-refractivity contribution in [1.82, 2.24) is 5.32 Å². The Kier molecular flexibility index (Phi) is 9.06. The number of hydrogen-bond acceptors (Lipinski definition) is 8. The highest BCUT2D eigenvalue weighted by molar-refractivity contribution is 7.99. The second-order valence-corrected chi connectivity index (χ2v) is 6.34. The summed E-state index contributed by atoms with van der Waals surface area (Å²) in [6.07, 6.45) is -0.840. The van der Waals surface area contributed by atoms with Gasteiger partial charge in [-0.1, -0.05) is 6.42 Å². The van der Waals surface area contributed by atoms with Crippen LogP contribution in [0.15, 0.2) is 0 Å². The third-order valence-electron chi connectivity index (χ3n) is 3.49. The first kappa shape index (κ1) is 19.5. The molecule has 1 fully saturated rings. The summed E-state index contributed by atoms with van der Waals surface area (Å²) in [5.74, 6) is 0.775. The molecule has 0 aromatic carbocycles. The molecule has 6 N–H and O–H groups in total. The zero-order valence-corrected chi connectivity index (χ0v) is 13.5. The molecule has 130 valence electrons. The van der Waals surface area contributed by atoms with E-state index in [4.69, 9.17) is 15.6 Å². The van der Waals surface area contributed by atoms with E-state index in [2.05, 4.69) is 10.1 Å². The quantitative estimate of drug-likeness (QED) is 0.356. The lowest BCUT2D eigenvalue weighted by Crippen LogP contribution is -2.60. The Hall–Kier alpha value is -0.580. The molecule has 1 rings (SSSR count). The number of nitrogens with two attached hydrogens (primary N) is 1. The maximum absolute atomic E-state index is 10.8. The first-order valence-corrected chi connectivity index (χ1v) is 8.37. The third-order valence-corrected chi connectivity index (χ3v) is 4.76. The summed E-state index contributed by atoms with van der Waals surface area (Å²) < 4.78 is 9.97. The summed E-state index contributed by atoms with van der Waals surface area (Å²) in [5.41, 5.74) is 5.39. The number of methoxy groups -OCH3 is 1. The highest BCUT2D eigenvalue weighted by atomic mass is 32.2. The Bertz CT molecular complexity index is 334. The van der Waals surface area contributed by atoms with Crippen molar-refractivity contribution in [2.45, 2.75) is 49.1 Å². The number of amides is 1. The molecular weight excluding hydrogens is 312 g/mol. The molecule has 5 atom stereocenters. The smallest absolute Gasteiger partial charge is 0.406 e. The Balaban J connectivity index is 2.17. The Morgan fingerprint density at radius 3 is 2.68 bits per heavy atom. The summed E-state index contributed by atoms with van der Waals surface area (Å²) in [6.45, 7) is 0.204. The van der Waals surface area contributed by atoms with E-state index < -0.39 is 35.9 Å². The predicted octanol–water partition coefficient (Wildman–Crippen LogP) is -0.988. The summed E-state index contributed by atoms with van der Waals surface area (Å²) in [5, 5.41) is 31.3. The summed E-state index contributed by atoms with van der Waals surface area (Å²) in [6, 6.07) is -0.691. The van der Waals surface area contributed by atoms with E-state index in [1.807, 2.05) is 0 Å². The van der Waals surface area contributed by atoms with Gasteiger partial charge >= 0.3 is 6.09 Å². The molecule has 0 radical (unpaired) electrons. The van der Waals surface area contributed by atoms with E-state index in [0.29, 0.717) is 6.54 Å². The van der Waals surface area contributed by atoms with Crippen LogP contribution in [0.2, 0.25) is 0 Å². The number of carbonyl (C=O) groups is 1. The molecule has 8 nitrogen and oxygen atoms in total. The summed E-state index contributed by atoms with van der Waals surface area (Å²) in [7, 11) is 1.32. The van der Waals surface area contributed by atoms with Crippen LogP contribution in [0.3, 0.4) is 0 Å². The number of ether oxygens (including phenoxy) is 2. The minimum atomic E-state index is -1.17. The Morgan fingerprint density at radius 1 is 1.32 bits per heavy atom. The monoisotopic (exact) mass is 338 g/mol. The number of alkyl carbamates (subject to hydrolysis) is 1. The van der Waals surface area contributed by atoms with Gasteiger partial charge in [0.25, 0.3) is 0 Å². The van der Waals surface area contributed by atoms with Gasteiger partial charge in [0.2, 0.25) is 0 Å². The van der Waals surface area contributed by atoms with Crippen molar-refractivity contribution < 1.29 is 29.6 Å². The molecule has 0 aromatic rings. The van der Waals surface area contributed by atoms with Gasteiger partial charge in [-0.15, -0.1) is 11.8 Å². The zero-order valence-electron chi connectivity index (χ0n) is 12.7. The number of carbonyl (C=O) groups excluding carboxylic acids is 1. The van der Waals surface area contributed by atoms with Crippen LogP contribution in [0.25, 0.3) is 0 Å². The molecule has 22 heavy (non-hydrogen) atoms. The highest BCUT2D eigenvalue weighted by Gasteiger charge is 2.42. The molecule has 0 saturated carbocycles. The fourth-order valence-electron chi connectivity index (χ4n) is 2.12. The molecule has 1 aliphatic rings. The summed E-state index contributed by atoms with van der Waals surface area (Å²) >= 11 is 1.46. The molecular formula is C13H26N2O6S. The highest BCUT2D eigenvalue weighted by Crippen LogP contribution is 2.27. The number of thioether (sulfide) groups is 1. The number of aliphatic hydroxyl groups is 3. The van der Waals surface area contributed by atoms with Gasteiger partial charge in [-0.2, -0.15) is 0 Å². The zero-order chi connectivity index (χ0) is 16.5. The molecule has 1 saturated heterocycles. The van der Waals surface area contributed by atoms with Gasteiger partial charge in [-0.25, -0.2) is 4.79 Å². The van der Waals surface area contributed by atoms with E-state index in [1.165, 1.54) is 18.9 Å². The number of rotatable bonds is 8. The molecule has 1 heterocycles. The maximum Gasteiger partial charge on any atom is 0.406 e. The first-order valence-electron chi connectivity index (χ1n) is 7.32. The Labute approximate surface area is 134 Å². The fraction of sp³-hybridized carbons (Fsp3) is 0.923. The van der Waals surface area contributed by atoms with Crippen LogP contribution in [0.5, 0.6) is 0 Å². The number of aliphatic hydroxyl groups excluding tert-OH is 3. The third kappa shape index (κ3) is 5.90.